The zero-order valence-electron chi connectivity index (χ0n) is 11.2. The second kappa shape index (κ2) is 6.09. The largest absolute Gasteiger partial charge is 0.419 e. The van der Waals surface area contributed by atoms with Crippen molar-refractivity contribution in [2.24, 2.45) is 0 Å². The molecule has 3 rings (SSSR count). The summed E-state index contributed by atoms with van der Waals surface area (Å²) in [5.74, 6) is 0.811. The van der Waals surface area contributed by atoms with Gasteiger partial charge in [0, 0.05) is 23.2 Å². The number of halogens is 2. The summed E-state index contributed by atoms with van der Waals surface area (Å²) in [6.07, 6.45) is -0.574. The topological polar surface area (TPSA) is 62.4 Å². The van der Waals surface area contributed by atoms with Crippen LogP contribution in [0.15, 0.2) is 28.7 Å². The first kappa shape index (κ1) is 14.4. The van der Waals surface area contributed by atoms with Crippen LogP contribution >= 0.6 is 11.6 Å². The number of hydrogen-bond acceptors (Lipinski definition) is 5. The molecule has 1 aromatic heterocycles. The van der Waals surface area contributed by atoms with Gasteiger partial charge in [0.1, 0.15) is 6.17 Å². The highest BCUT2D eigenvalue weighted by Gasteiger charge is 2.32. The van der Waals surface area contributed by atoms with E-state index in [0.29, 0.717) is 29.8 Å². The Morgan fingerprint density at radius 1 is 1.33 bits per heavy atom. The number of benzene rings is 1. The summed E-state index contributed by atoms with van der Waals surface area (Å²) < 4.78 is 19.0. The third-order valence-corrected chi connectivity index (χ3v) is 3.84. The molecule has 1 aliphatic rings. The van der Waals surface area contributed by atoms with Crippen LogP contribution in [0.3, 0.4) is 0 Å². The number of aliphatic hydroxyl groups is 1. The van der Waals surface area contributed by atoms with E-state index in [1.165, 1.54) is 0 Å². The molecule has 1 aliphatic heterocycles. The van der Waals surface area contributed by atoms with E-state index in [1.54, 1.807) is 24.3 Å². The van der Waals surface area contributed by atoms with E-state index in [9.17, 15) is 9.50 Å². The smallest absolute Gasteiger partial charge is 0.247 e. The molecule has 0 radical (unpaired) electrons. The number of nitrogens with zero attached hydrogens (tertiary/aromatic N) is 3. The summed E-state index contributed by atoms with van der Waals surface area (Å²) in [6, 6.07) is 6.89. The van der Waals surface area contributed by atoms with Gasteiger partial charge in [0.25, 0.3) is 0 Å². The third-order valence-electron chi connectivity index (χ3n) is 3.58. The van der Waals surface area contributed by atoms with E-state index in [2.05, 4.69) is 10.2 Å². The van der Waals surface area contributed by atoms with Crippen LogP contribution in [0.1, 0.15) is 12.3 Å². The minimum atomic E-state index is -0.916. The lowest BCUT2D eigenvalue weighted by molar-refractivity contribution is 0.144. The molecule has 0 unspecified atom stereocenters. The summed E-state index contributed by atoms with van der Waals surface area (Å²) in [6.45, 7) is 0.550. The molecule has 0 amide bonds. The number of rotatable bonds is 4. The van der Waals surface area contributed by atoms with Crippen LogP contribution in [-0.4, -0.2) is 45.6 Å². The Morgan fingerprint density at radius 3 is 2.81 bits per heavy atom. The minimum Gasteiger partial charge on any atom is -0.419 e. The van der Waals surface area contributed by atoms with Crippen molar-refractivity contribution in [2.75, 3.05) is 13.2 Å². The van der Waals surface area contributed by atoms with Gasteiger partial charge in [0.05, 0.1) is 13.2 Å². The maximum Gasteiger partial charge on any atom is 0.247 e. The second-order valence-corrected chi connectivity index (χ2v) is 5.54. The van der Waals surface area contributed by atoms with Crippen molar-refractivity contribution in [3.63, 3.8) is 0 Å². The van der Waals surface area contributed by atoms with E-state index in [1.807, 2.05) is 4.90 Å². The van der Waals surface area contributed by atoms with Crippen molar-refractivity contribution in [3.05, 3.63) is 35.2 Å². The van der Waals surface area contributed by atoms with Gasteiger partial charge in [-0.1, -0.05) is 11.6 Å². The van der Waals surface area contributed by atoms with E-state index < -0.39 is 6.17 Å². The first-order valence-electron chi connectivity index (χ1n) is 6.73. The molecule has 0 saturated carbocycles. The lowest BCUT2D eigenvalue weighted by Gasteiger charge is -2.19. The van der Waals surface area contributed by atoms with E-state index in [4.69, 9.17) is 16.0 Å². The molecule has 2 heterocycles. The average Bonchev–Trinajstić information content (AvgIpc) is 3.07. The Balaban J connectivity index is 1.72. The van der Waals surface area contributed by atoms with Crippen LogP contribution in [0.4, 0.5) is 4.39 Å². The van der Waals surface area contributed by atoms with Crippen LogP contribution in [0, 0.1) is 0 Å². The molecular weight excluding hydrogens is 297 g/mol. The van der Waals surface area contributed by atoms with Gasteiger partial charge < -0.3 is 9.52 Å². The molecule has 5 nitrogen and oxygen atoms in total. The van der Waals surface area contributed by atoms with Crippen molar-refractivity contribution in [3.8, 4) is 11.5 Å². The molecule has 2 aromatic rings. The van der Waals surface area contributed by atoms with Crippen molar-refractivity contribution in [1.29, 1.82) is 0 Å². The second-order valence-electron chi connectivity index (χ2n) is 5.11. The van der Waals surface area contributed by atoms with Gasteiger partial charge in [-0.15, -0.1) is 10.2 Å². The van der Waals surface area contributed by atoms with Crippen molar-refractivity contribution >= 4 is 11.6 Å². The summed E-state index contributed by atoms with van der Waals surface area (Å²) in [7, 11) is 0. The highest BCUT2D eigenvalue weighted by atomic mass is 35.5. The summed E-state index contributed by atoms with van der Waals surface area (Å²) >= 11 is 5.83. The fourth-order valence-corrected chi connectivity index (χ4v) is 2.63. The first-order chi connectivity index (χ1) is 10.2. The fourth-order valence-electron chi connectivity index (χ4n) is 2.51. The Bertz CT molecular complexity index is 605. The van der Waals surface area contributed by atoms with Gasteiger partial charge in [-0.05, 0) is 30.7 Å². The molecule has 1 N–H and O–H groups in total. The lowest BCUT2D eigenvalue weighted by Crippen LogP contribution is -2.31. The van der Waals surface area contributed by atoms with Crippen molar-refractivity contribution in [1.82, 2.24) is 15.1 Å². The summed E-state index contributed by atoms with van der Waals surface area (Å²) in [5.41, 5.74) is 0.779. The van der Waals surface area contributed by atoms with Crippen LogP contribution in [0.25, 0.3) is 11.5 Å². The van der Waals surface area contributed by atoms with Gasteiger partial charge in [-0.3, -0.25) is 4.90 Å². The maximum atomic E-state index is 13.4. The van der Waals surface area contributed by atoms with Crippen LogP contribution in [-0.2, 0) is 6.54 Å². The third kappa shape index (κ3) is 3.23. The number of alkyl halides is 1. The zero-order chi connectivity index (χ0) is 14.8. The number of aromatic nitrogens is 2. The van der Waals surface area contributed by atoms with Gasteiger partial charge in [0.2, 0.25) is 11.8 Å². The van der Waals surface area contributed by atoms with Crippen LogP contribution in [0.2, 0.25) is 5.02 Å². The van der Waals surface area contributed by atoms with Crippen LogP contribution < -0.4 is 0 Å². The molecule has 7 heteroatoms. The SMILES string of the molecule is OC[C@@H]1C[C@H](F)CN1Cc1nnc(-c2ccc(Cl)cc2)o1. The minimum absolute atomic E-state index is 0.0708. The van der Waals surface area contributed by atoms with Crippen LogP contribution in [0.5, 0.6) is 0 Å². The van der Waals surface area contributed by atoms with Crippen molar-refractivity contribution < 1.29 is 13.9 Å². The number of likely N-dealkylation sites (tertiary alicyclic amines) is 1. The molecule has 0 spiro atoms. The molecule has 1 aromatic carbocycles. The van der Waals surface area contributed by atoms with Crippen molar-refractivity contribution in [2.45, 2.75) is 25.2 Å². The Hall–Kier alpha value is -1.50. The van der Waals surface area contributed by atoms with E-state index >= 15 is 0 Å². The molecule has 2 atom stereocenters. The quantitative estimate of drug-likeness (QED) is 0.938. The van der Waals surface area contributed by atoms with E-state index in [-0.39, 0.29) is 19.2 Å². The van der Waals surface area contributed by atoms with Gasteiger partial charge >= 0.3 is 0 Å². The molecule has 1 fully saturated rings. The predicted octanol–water partition coefficient (Wildman–Crippen LogP) is 2.29. The Morgan fingerprint density at radius 2 is 2.10 bits per heavy atom. The Labute approximate surface area is 126 Å². The number of aliphatic hydroxyl groups excluding tert-OH is 1. The average molecular weight is 312 g/mol. The fraction of sp³-hybridized carbons (Fsp3) is 0.429. The highest BCUT2D eigenvalue weighted by molar-refractivity contribution is 6.30. The van der Waals surface area contributed by atoms with E-state index in [0.717, 1.165) is 5.56 Å². The summed E-state index contributed by atoms with van der Waals surface area (Å²) in [5, 5.41) is 17.9. The lowest BCUT2D eigenvalue weighted by atomic mass is 10.2. The zero-order valence-corrected chi connectivity index (χ0v) is 12.0. The molecule has 0 bridgehead atoms. The maximum absolute atomic E-state index is 13.4. The molecule has 112 valence electrons. The number of hydrogen-bond donors (Lipinski definition) is 1. The van der Waals surface area contributed by atoms with Gasteiger partial charge in [-0.2, -0.15) is 0 Å². The predicted molar refractivity (Wildman–Crippen MR) is 75.5 cm³/mol. The standard InChI is InChI=1S/C14H15ClFN3O2/c15-10-3-1-9(2-4-10)14-18-17-13(21-14)7-19-6-11(16)5-12(19)8-20/h1-4,11-12,20H,5-8H2/t11-,12-/m0/s1. The molecule has 0 aliphatic carbocycles. The summed E-state index contributed by atoms with van der Waals surface area (Å²) in [4.78, 5) is 1.82. The van der Waals surface area contributed by atoms with Gasteiger partial charge in [0.15, 0.2) is 0 Å². The molecule has 21 heavy (non-hydrogen) atoms. The Kier molecular flexibility index (Phi) is 4.19. The monoisotopic (exact) mass is 311 g/mol. The molecular formula is C14H15ClFN3O2. The normalized spacial score (nSPS) is 22.8. The highest BCUT2D eigenvalue weighted by Crippen LogP contribution is 2.24. The van der Waals surface area contributed by atoms with Gasteiger partial charge in [-0.25, -0.2) is 4.39 Å². The first-order valence-corrected chi connectivity index (χ1v) is 7.11. The molecule has 1 saturated heterocycles.